The van der Waals surface area contributed by atoms with Crippen molar-refractivity contribution >= 4 is 10.0 Å². The Balaban J connectivity index is 1.93. The molecule has 0 bridgehead atoms. The highest BCUT2D eigenvalue weighted by Crippen LogP contribution is 2.17. The fourth-order valence-electron chi connectivity index (χ4n) is 2.22. The van der Waals surface area contributed by atoms with Gasteiger partial charge in [0.05, 0.1) is 12.0 Å². The molecule has 0 saturated carbocycles. The van der Waals surface area contributed by atoms with Crippen LogP contribution in [0.3, 0.4) is 0 Å². The Bertz CT molecular complexity index is 510. The first-order valence-corrected chi connectivity index (χ1v) is 7.97. The molecule has 1 aliphatic rings. The lowest BCUT2D eigenvalue weighted by Crippen LogP contribution is -2.30. The molecule has 1 atom stereocenters. The van der Waals surface area contributed by atoms with Crippen molar-refractivity contribution in [2.45, 2.75) is 30.2 Å². The normalized spacial score (nSPS) is 19.5. The van der Waals surface area contributed by atoms with Crippen LogP contribution in [0.25, 0.3) is 0 Å². The van der Waals surface area contributed by atoms with Crippen LogP contribution in [0.15, 0.2) is 29.2 Å². The Morgan fingerprint density at radius 3 is 3.00 bits per heavy atom. The lowest BCUT2D eigenvalue weighted by atomic mass is 10.2. The SMILES string of the molecule is COc1cccc(S(=O)(=O)NCC[C@@H]2CCCN2)c1. The van der Waals surface area contributed by atoms with Crippen LogP contribution in [-0.4, -0.2) is 34.7 Å². The number of hydrogen-bond acceptors (Lipinski definition) is 4. The van der Waals surface area contributed by atoms with E-state index in [0.29, 0.717) is 18.3 Å². The third-order valence-corrected chi connectivity index (χ3v) is 4.76. The maximum atomic E-state index is 12.1. The largest absolute Gasteiger partial charge is 0.497 e. The van der Waals surface area contributed by atoms with Crippen LogP contribution < -0.4 is 14.8 Å². The van der Waals surface area contributed by atoms with E-state index in [4.69, 9.17) is 4.74 Å². The number of ether oxygens (including phenoxy) is 1. The highest BCUT2D eigenvalue weighted by molar-refractivity contribution is 7.89. The minimum atomic E-state index is -3.44. The van der Waals surface area contributed by atoms with Crippen LogP contribution in [0.4, 0.5) is 0 Å². The Morgan fingerprint density at radius 2 is 2.32 bits per heavy atom. The summed E-state index contributed by atoms with van der Waals surface area (Å²) >= 11 is 0. The highest BCUT2D eigenvalue weighted by Gasteiger charge is 2.17. The van der Waals surface area contributed by atoms with E-state index < -0.39 is 10.0 Å². The zero-order chi connectivity index (χ0) is 13.7. The van der Waals surface area contributed by atoms with E-state index in [0.717, 1.165) is 19.4 Å². The molecule has 0 aromatic heterocycles. The van der Waals surface area contributed by atoms with Crippen molar-refractivity contribution in [3.05, 3.63) is 24.3 Å². The predicted octanol–water partition coefficient (Wildman–Crippen LogP) is 1.12. The summed E-state index contributed by atoms with van der Waals surface area (Å²) in [7, 11) is -1.92. The van der Waals surface area contributed by atoms with E-state index in [1.165, 1.54) is 19.6 Å². The van der Waals surface area contributed by atoms with Crippen molar-refractivity contribution in [3.63, 3.8) is 0 Å². The molecular weight excluding hydrogens is 264 g/mol. The predicted molar refractivity (Wildman–Crippen MR) is 73.8 cm³/mol. The van der Waals surface area contributed by atoms with Gasteiger partial charge in [-0.3, -0.25) is 0 Å². The van der Waals surface area contributed by atoms with Crippen molar-refractivity contribution < 1.29 is 13.2 Å². The topological polar surface area (TPSA) is 67.4 Å². The molecule has 106 valence electrons. The summed E-state index contributed by atoms with van der Waals surface area (Å²) in [6, 6.07) is 6.93. The van der Waals surface area contributed by atoms with Gasteiger partial charge in [0.15, 0.2) is 0 Å². The van der Waals surface area contributed by atoms with E-state index >= 15 is 0 Å². The summed E-state index contributed by atoms with van der Waals surface area (Å²) in [6.45, 7) is 1.49. The summed E-state index contributed by atoms with van der Waals surface area (Å²) in [5.41, 5.74) is 0. The summed E-state index contributed by atoms with van der Waals surface area (Å²) in [6.07, 6.45) is 3.12. The molecule has 1 saturated heterocycles. The average molecular weight is 284 g/mol. The average Bonchev–Trinajstić information content (AvgIpc) is 2.92. The Morgan fingerprint density at radius 1 is 1.47 bits per heavy atom. The van der Waals surface area contributed by atoms with E-state index in [9.17, 15) is 8.42 Å². The Hall–Kier alpha value is -1.11. The molecule has 0 unspecified atom stereocenters. The number of benzene rings is 1. The fourth-order valence-corrected chi connectivity index (χ4v) is 3.30. The van der Waals surface area contributed by atoms with Crippen LogP contribution in [0.2, 0.25) is 0 Å². The molecule has 2 rings (SSSR count). The molecule has 1 heterocycles. The first-order chi connectivity index (χ1) is 9.12. The number of nitrogens with one attached hydrogen (secondary N) is 2. The van der Waals surface area contributed by atoms with Crippen molar-refractivity contribution in [1.82, 2.24) is 10.0 Å². The monoisotopic (exact) mass is 284 g/mol. The lowest BCUT2D eigenvalue weighted by molar-refractivity contribution is 0.413. The third kappa shape index (κ3) is 3.92. The van der Waals surface area contributed by atoms with Crippen molar-refractivity contribution in [1.29, 1.82) is 0 Å². The molecule has 19 heavy (non-hydrogen) atoms. The van der Waals surface area contributed by atoms with Crippen LogP contribution in [0, 0.1) is 0 Å². The van der Waals surface area contributed by atoms with Gasteiger partial charge in [-0.15, -0.1) is 0 Å². The molecule has 0 radical (unpaired) electrons. The minimum Gasteiger partial charge on any atom is -0.497 e. The van der Waals surface area contributed by atoms with Crippen LogP contribution >= 0.6 is 0 Å². The van der Waals surface area contributed by atoms with Gasteiger partial charge in [0.25, 0.3) is 0 Å². The summed E-state index contributed by atoms with van der Waals surface area (Å²) in [4.78, 5) is 0.242. The summed E-state index contributed by atoms with van der Waals surface area (Å²) in [5, 5.41) is 3.35. The lowest BCUT2D eigenvalue weighted by Gasteiger charge is -2.11. The van der Waals surface area contributed by atoms with Gasteiger partial charge < -0.3 is 10.1 Å². The van der Waals surface area contributed by atoms with Gasteiger partial charge >= 0.3 is 0 Å². The zero-order valence-electron chi connectivity index (χ0n) is 11.1. The van der Waals surface area contributed by atoms with Gasteiger partial charge in [0.2, 0.25) is 10.0 Å². The van der Waals surface area contributed by atoms with Gasteiger partial charge in [0.1, 0.15) is 5.75 Å². The van der Waals surface area contributed by atoms with Crippen molar-refractivity contribution in [2.24, 2.45) is 0 Å². The fraction of sp³-hybridized carbons (Fsp3) is 0.538. The highest BCUT2D eigenvalue weighted by atomic mass is 32.2. The number of sulfonamides is 1. The quantitative estimate of drug-likeness (QED) is 0.821. The molecule has 5 nitrogen and oxygen atoms in total. The Labute approximate surface area is 114 Å². The molecule has 1 aromatic rings. The van der Waals surface area contributed by atoms with Gasteiger partial charge in [-0.2, -0.15) is 0 Å². The molecule has 1 aliphatic heterocycles. The number of rotatable bonds is 6. The molecule has 1 aromatic carbocycles. The Kier molecular flexibility index (Phi) is 4.79. The molecular formula is C13H20N2O3S. The second-order valence-electron chi connectivity index (χ2n) is 4.66. The van der Waals surface area contributed by atoms with Crippen molar-refractivity contribution in [3.8, 4) is 5.75 Å². The smallest absolute Gasteiger partial charge is 0.240 e. The third-order valence-electron chi connectivity index (χ3n) is 3.30. The standard InChI is InChI=1S/C13H20N2O3S/c1-18-12-5-2-6-13(10-12)19(16,17)15-9-7-11-4-3-8-14-11/h2,5-6,10-11,14-15H,3-4,7-9H2,1H3/t11-/m0/s1. The maximum absolute atomic E-state index is 12.1. The summed E-state index contributed by atoms with van der Waals surface area (Å²) < 4.78 is 31.8. The molecule has 1 fully saturated rings. The molecule has 0 aliphatic carbocycles. The van der Waals surface area contributed by atoms with E-state index in [1.54, 1.807) is 18.2 Å². The zero-order valence-corrected chi connectivity index (χ0v) is 11.9. The minimum absolute atomic E-state index is 0.242. The van der Waals surface area contributed by atoms with Gasteiger partial charge in [-0.25, -0.2) is 13.1 Å². The second kappa shape index (κ2) is 6.36. The van der Waals surface area contributed by atoms with E-state index in [-0.39, 0.29) is 4.90 Å². The molecule has 6 heteroatoms. The van der Waals surface area contributed by atoms with Gasteiger partial charge in [-0.1, -0.05) is 6.07 Å². The summed E-state index contributed by atoms with van der Waals surface area (Å²) in [5.74, 6) is 0.542. The van der Waals surface area contributed by atoms with E-state index in [1.807, 2.05) is 0 Å². The first kappa shape index (κ1) is 14.3. The molecule has 0 spiro atoms. The van der Waals surface area contributed by atoms with Gasteiger partial charge in [0, 0.05) is 18.7 Å². The van der Waals surface area contributed by atoms with Crippen LogP contribution in [0.1, 0.15) is 19.3 Å². The van der Waals surface area contributed by atoms with Crippen LogP contribution in [-0.2, 0) is 10.0 Å². The number of methoxy groups -OCH3 is 1. The molecule has 0 amide bonds. The number of hydrogen-bond donors (Lipinski definition) is 2. The van der Waals surface area contributed by atoms with Gasteiger partial charge in [-0.05, 0) is 37.9 Å². The first-order valence-electron chi connectivity index (χ1n) is 6.49. The maximum Gasteiger partial charge on any atom is 0.240 e. The molecule has 2 N–H and O–H groups in total. The second-order valence-corrected chi connectivity index (χ2v) is 6.43. The van der Waals surface area contributed by atoms with Crippen LogP contribution in [0.5, 0.6) is 5.75 Å². The van der Waals surface area contributed by atoms with Crippen molar-refractivity contribution in [2.75, 3.05) is 20.2 Å². The van der Waals surface area contributed by atoms with E-state index in [2.05, 4.69) is 10.0 Å².